The topological polar surface area (TPSA) is 26.3 Å². The van der Waals surface area contributed by atoms with Gasteiger partial charge in [-0.2, -0.15) is 0 Å². The first-order chi connectivity index (χ1) is 11.2. The van der Waals surface area contributed by atoms with Crippen molar-refractivity contribution < 1.29 is 9.30 Å². The Hall–Kier alpha value is -1.83. The van der Waals surface area contributed by atoms with E-state index in [1.54, 1.807) is 7.11 Å². The van der Waals surface area contributed by atoms with Crippen molar-refractivity contribution in [3.63, 3.8) is 0 Å². The van der Waals surface area contributed by atoms with E-state index in [1.807, 2.05) is 78.9 Å². The van der Waals surface area contributed by atoms with Crippen LogP contribution in [-0.2, 0) is 4.57 Å². The maximum absolute atomic E-state index is 14.2. The summed E-state index contributed by atoms with van der Waals surface area (Å²) < 4.78 is 20.6. The van der Waals surface area contributed by atoms with Gasteiger partial charge >= 0.3 is 0 Å². The second-order valence-electron chi connectivity index (χ2n) is 5.10. The molecule has 3 aromatic carbocycles. The van der Waals surface area contributed by atoms with Crippen molar-refractivity contribution in [1.82, 2.24) is 0 Å². The Bertz CT molecular complexity index is 804. The minimum atomic E-state index is -3.01. The van der Waals surface area contributed by atoms with Gasteiger partial charge in [0.15, 0.2) is 7.14 Å². The summed E-state index contributed by atoms with van der Waals surface area (Å²) in [4.78, 5) is 0. The Labute approximate surface area is 144 Å². The Kier molecular flexibility index (Phi) is 4.70. The van der Waals surface area contributed by atoms with Crippen LogP contribution in [0.25, 0.3) is 0 Å². The van der Waals surface area contributed by atoms with Crippen molar-refractivity contribution in [2.75, 3.05) is 7.11 Å². The number of methoxy groups -OCH3 is 1. The summed E-state index contributed by atoms with van der Waals surface area (Å²) in [7, 11) is -1.41. The molecule has 3 rings (SSSR count). The smallest absolute Gasteiger partial charge is 0.174 e. The summed E-state index contributed by atoms with van der Waals surface area (Å²) >= 11 is 3.49. The molecule has 0 radical (unpaired) electrons. The van der Waals surface area contributed by atoms with Crippen LogP contribution in [0.3, 0.4) is 0 Å². The molecule has 0 bridgehead atoms. The fourth-order valence-corrected chi connectivity index (χ4v) is 5.99. The largest absolute Gasteiger partial charge is 0.496 e. The lowest BCUT2D eigenvalue weighted by Gasteiger charge is -2.22. The standard InChI is InChI=1S/C19H16BrO2P/c1-22-18-13-12-15(20)14-19(18)23(21,16-8-4-2-5-9-16)17-10-6-3-7-11-17/h2-14H,1H3. The second kappa shape index (κ2) is 6.74. The molecule has 0 spiro atoms. The van der Waals surface area contributed by atoms with Gasteiger partial charge in [0.05, 0.1) is 12.4 Å². The Morgan fingerprint density at radius 1 is 0.826 bits per heavy atom. The molecule has 0 saturated carbocycles. The molecule has 4 heteroatoms. The lowest BCUT2D eigenvalue weighted by molar-refractivity contribution is 0.418. The zero-order valence-electron chi connectivity index (χ0n) is 12.6. The molecule has 0 unspecified atom stereocenters. The average molecular weight is 387 g/mol. The van der Waals surface area contributed by atoms with Crippen LogP contribution in [0.15, 0.2) is 83.3 Å². The van der Waals surface area contributed by atoms with E-state index >= 15 is 0 Å². The highest BCUT2D eigenvalue weighted by molar-refractivity contribution is 9.10. The van der Waals surface area contributed by atoms with Crippen LogP contribution < -0.4 is 20.7 Å². The molecular weight excluding hydrogens is 371 g/mol. The van der Waals surface area contributed by atoms with Crippen LogP contribution in [-0.4, -0.2) is 7.11 Å². The Morgan fingerprint density at radius 3 is 1.83 bits per heavy atom. The summed E-state index contributed by atoms with van der Waals surface area (Å²) in [6, 6.07) is 24.8. The quantitative estimate of drug-likeness (QED) is 0.631. The number of hydrogen-bond donors (Lipinski definition) is 0. The molecule has 0 N–H and O–H groups in total. The van der Waals surface area contributed by atoms with E-state index in [1.165, 1.54) is 0 Å². The summed E-state index contributed by atoms with van der Waals surface area (Å²) in [5.74, 6) is 0.629. The zero-order valence-corrected chi connectivity index (χ0v) is 15.1. The molecule has 23 heavy (non-hydrogen) atoms. The molecule has 0 fully saturated rings. The van der Waals surface area contributed by atoms with Crippen LogP contribution in [0.5, 0.6) is 5.75 Å². The maximum Gasteiger partial charge on any atom is 0.174 e. The van der Waals surface area contributed by atoms with Gasteiger partial charge in [0.2, 0.25) is 0 Å². The number of rotatable bonds is 4. The highest BCUT2D eigenvalue weighted by atomic mass is 79.9. The van der Waals surface area contributed by atoms with Gasteiger partial charge in [-0.1, -0.05) is 76.6 Å². The minimum Gasteiger partial charge on any atom is -0.496 e. The Morgan fingerprint density at radius 2 is 1.35 bits per heavy atom. The summed E-state index contributed by atoms with van der Waals surface area (Å²) in [5, 5.41) is 2.29. The summed E-state index contributed by atoms with van der Waals surface area (Å²) in [5.41, 5.74) is 0. The van der Waals surface area contributed by atoms with Crippen LogP contribution >= 0.6 is 23.1 Å². The number of benzene rings is 3. The molecule has 0 atom stereocenters. The van der Waals surface area contributed by atoms with Gasteiger partial charge in [0.1, 0.15) is 5.75 Å². The number of hydrogen-bond acceptors (Lipinski definition) is 2. The van der Waals surface area contributed by atoms with Gasteiger partial charge in [-0.05, 0) is 18.2 Å². The molecule has 0 aromatic heterocycles. The van der Waals surface area contributed by atoms with Crippen molar-refractivity contribution >= 4 is 39.0 Å². The third kappa shape index (κ3) is 2.99. The van der Waals surface area contributed by atoms with E-state index in [0.29, 0.717) is 11.1 Å². The van der Waals surface area contributed by atoms with Crippen LogP contribution in [0.1, 0.15) is 0 Å². The van der Waals surface area contributed by atoms with Crippen molar-refractivity contribution in [3.05, 3.63) is 83.3 Å². The lowest BCUT2D eigenvalue weighted by Crippen LogP contribution is -2.26. The van der Waals surface area contributed by atoms with Crippen molar-refractivity contribution in [1.29, 1.82) is 0 Å². The summed E-state index contributed by atoms with van der Waals surface area (Å²) in [6.45, 7) is 0. The van der Waals surface area contributed by atoms with Crippen LogP contribution in [0.4, 0.5) is 0 Å². The molecular formula is C19H16BrO2P. The van der Waals surface area contributed by atoms with Gasteiger partial charge in [-0.25, -0.2) is 0 Å². The molecule has 3 aromatic rings. The number of halogens is 1. The van der Waals surface area contributed by atoms with E-state index in [4.69, 9.17) is 4.74 Å². The predicted molar refractivity (Wildman–Crippen MR) is 100 cm³/mol. The van der Waals surface area contributed by atoms with Crippen molar-refractivity contribution in [2.24, 2.45) is 0 Å². The van der Waals surface area contributed by atoms with Gasteiger partial charge < -0.3 is 9.30 Å². The molecule has 0 aliphatic carbocycles. The predicted octanol–water partition coefficient (Wildman–Crippen LogP) is 4.10. The van der Waals surface area contributed by atoms with E-state index in [-0.39, 0.29) is 0 Å². The van der Waals surface area contributed by atoms with E-state index in [9.17, 15) is 4.57 Å². The third-order valence-electron chi connectivity index (χ3n) is 3.72. The highest BCUT2D eigenvalue weighted by Crippen LogP contribution is 2.45. The number of ether oxygens (including phenoxy) is 1. The summed E-state index contributed by atoms with van der Waals surface area (Å²) in [6.07, 6.45) is 0. The van der Waals surface area contributed by atoms with Crippen LogP contribution in [0.2, 0.25) is 0 Å². The normalized spacial score (nSPS) is 11.2. The molecule has 0 amide bonds. The Balaban J connectivity index is 2.35. The molecule has 0 heterocycles. The molecule has 0 saturated heterocycles. The van der Waals surface area contributed by atoms with Gasteiger partial charge in [-0.3, -0.25) is 0 Å². The first-order valence-electron chi connectivity index (χ1n) is 7.21. The lowest BCUT2D eigenvalue weighted by atomic mass is 10.3. The average Bonchev–Trinajstić information content (AvgIpc) is 2.62. The van der Waals surface area contributed by atoms with Gasteiger partial charge in [0.25, 0.3) is 0 Å². The van der Waals surface area contributed by atoms with E-state index in [2.05, 4.69) is 15.9 Å². The van der Waals surface area contributed by atoms with Crippen molar-refractivity contribution in [2.45, 2.75) is 0 Å². The molecule has 116 valence electrons. The molecule has 0 aliphatic heterocycles. The molecule has 0 aliphatic rings. The van der Waals surface area contributed by atoms with Crippen LogP contribution in [0, 0.1) is 0 Å². The van der Waals surface area contributed by atoms with E-state index in [0.717, 1.165) is 15.1 Å². The minimum absolute atomic E-state index is 0.629. The highest BCUT2D eigenvalue weighted by Gasteiger charge is 2.32. The second-order valence-corrected chi connectivity index (χ2v) is 8.75. The van der Waals surface area contributed by atoms with Gasteiger partial charge in [0, 0.05) is 15.1 Å². The first-order valence-corrected chi connectivity index (χ1v) is 9.71. The monoisotopic (exact) mass is 386 g/mol. The molecule has 2 nitrogen and oxygen atoms in total. The maximum atomic E-state index is 14.2. The third-order valence-corrected chi connectivity index (χ3v) is 7.29. The zero-order chi connectivity index (χ0) is 16.3. The SMILES string of the molecule is COc1ccc(Br)cc1P(=O)(c1ccccc1)c1ccccc1. The fraction of sp³-hybridized carbons (Fsp3) is 0.0526. The van der Waals surface area contributed by atoms with E-state index < -0.39 is 7.14 Å². The van der Waals surface area contributed by atoms with Crippen molar-refractivity contribution in [3.8, 4) is 5.75 Å². The fourth-order valence-electron chi connectivity index (χ4n) is 2.61. The van der Waals surface area contributed by atoms with Gasteiger partial charge in [-0.15, -0.1) is 0 Å². The first kappa shape index (κ1) is 16.0.